The molecule has 1 aromatic rings. The summed E-state index contributed by atoms with van der Waals surface area (Å²) in [6, 6.07) is 7.83. The molecule has 3 heteroatoms. The molecule has 1 fully saturated rings. The van der Waals surface area contributed by atoms with Gasteiger partial charge in [0.15, 0.2) is 5.78 Å². The molecule has 0 unspecified atom stereocenters. The molecule has 0 amide bonds. The molecule has 3 nitrogen and oxygen atoms in total. The Kier molecular flexibility index (Phi) is 4.72. The molecule has 1 heterocycles. The van der Waals surface area contributed by atoms with Crippen LogP contribution in [0.2, 0.25) is 0 Å². The number of morpholine rings is 1. The lowest BCUT2D eigenvalue weighted by Gasteiger charge is -2.35. The zero-order valence-electron chi connectivity index (χ0n) is 12.1. The van der Waals surface area contributed by atoms with E-state index in [1.54, 1.807) is 0 Å². The molecule has 0 radical (unpaired) electrons. The summed E-state index contributed by atoms with van der Waals surface area (Å²) >= 11 is 0. The van der Waals surface area contributed by atoms with E-state index in [1.807, 2.05) is 31.2 Å². The number of ketones is 1. The van der Waals surface area contributed by atoms with Crippen LogP contribution in [0.25, 0.3) is 0 Å². The van der Waals surface area contributed by atoms with Crippen LogP contribution < -0.4 is 0 Å². The van der Waals surface area contributed by atoms with Gasteiger partial charge in [0.2, 0.25) is 0 Å². The van der Waals surface area contributed by atoms with Crippen molar-refractivity contribution in [1.82, 2.24) is 4.90 Å². The van der Waals surface area contributed by atoms with Crippen LogP contribution in [-0.4, -0.2) is 42.5 Å². The molecule has 0 aliphatic carbocycles. The number of aryl methyl sites for hydroxylation is 1. The smallest absolute Gasteiger partial charge is 0.164 e. The lowest BCUT2D eigenvalue weighted by molar-refractivity contribution is -0.0675. The van der Waals surface area contributed by atoms with Crippen LogP contribution in [0, 0.1) is 6.92 Å². The van der Waals surface area contributed by atoms with Crippen molar-refractivity contribution in [3.05, 3.63) is 35.4 Å². The van der Waals surface area contributed by atoms with Crippen molar-refractivity contribution in [3.8, 4) is 0 Å². The highest BCUT2D eigenvalue weighted by molar-refractivity contribution is 5.96. The second-order valence-corrected chi connectivity index (χ2v) is 5.56. The molecule has 1 aliphatic heterocycles. The number of hydrogen-bond acceptors (Lipinski definition) is 3. The molecule has 0 N–H and O–H groups in total. The van der Waals surface area contributed by atoms with Crippen LogP contribution in [-0.2, 0) is 4.74 Å². The first-order valence-corrected chi connectivity index (χ1v) is 7.02. The van der Waals surface area contributed by atoms with E-state index in [0.717, 1.165) is 30.8 Å². The Hall–Kier alpha value is -1.19. The highest BCUT2D eigenvalue weighted by Gasteiger charge is 2.22. The number of rotatable bonds is 4. The minimum Gasteiger partial charge on any atom is -0.373 e. The van der Waals surface area contributed by atoms with E-state index in [4.69, 9.17) is 4.74 Å². The molecule has 0 aromatic heterocycles. The second-order valence-electron chi connectivity index (χ2n) is 5.56. The Balaban J connectivity index is 1.86. The fourth-order valence-corrected chi connectivity index (χ4v) is 2.69. The number of benzene rings is 1. The molecule has 0 spiro atoms. The van der Waals surface area contributed by atoms with Gasteiger partial charge in [-0.05, 0) is 26.8 Å². The largest absolute Gasteiger partial charge is 0.373 e. The summed E-state index contributed by atoms with van der Waals surface area (Å²) in [5.41, 5.74) is 1.97. The van der Waals surface area contributed by atoms with E-state index < -0.39 is 0 Å². The minimum absolute atomic E-state index is 0.232. The third-order valence-electron chi connectivity index (χ3n) is 3.49. The maximum Gasteiger partial charge on any atom is 0.164 e. The van der Waals surface area contributed by atoms with Crippen molar-refractivity contribution in [2.75, 3.05) is 19.6 Å². The number of ether oxygens (including phenoxy) is 1. The summed E-state index contributed by atoms with van der Waals surface area (Å²) in [5, 5.41) is 0. The fraction of sp³-hybridized carbons (Fsp3) is 0.562. The standard InChI is InChI=1S/C16H23NO2/c1-12-5-4-6-15(9-12)16(18)7-8-17-10-13(2)19-14(3)11-17/h4-6,9,13-14H,7-8,10-11H2,1-3H3/t13-,14+. The molecule has 19 heavy (non-hydrogen) atoms. The Labute approximate surface area is 115 Å². The number of hydrogen-bond donors (Lipinski definition) is 0. The van der Waals surface area contributed by atoms with Gasteiger partial charge in [-0.1, -0.05) is 23.8 Å². The van der Waals surface area contributed by atoms with Crippen LogP contribution >= 0.6 is 0 Å². The van der Waals surface area contributed by atoms with Crippen molar-refractivity contribution >= 4 is 5.78 Å². The van der Waals surface area contributed by atoms with Gasteiger partial charge in [0.1, 0.15) is 0 Å². The molecule has 104 valence electrons. The van der Waals surface area contributed by atoms with Crippen molar-refractivity contribution in [2.24, 2.45) is 0 Å². The zero-order chi connectivity index (χ0) is 13.8. The minimum atomic E-state index is 0.232. The van der Waals surface area contributed by atoms with Gasteiger partial charge in [0.25, 0.3) is 0 Å². The molecular weight excluding hydrogens is 238 g/mol. The molecule has 2 atom stereocenters. The highest BCUT2D eigenvalue weighted by atomic mass is 16.5. The molecule has 1 aromatic carbocycles. The summed E-state index contributed by atoms with van der Waals surface area (Å²) in [6.45, 7) is 8.86. The van der Waals surface area contributed by atoms with E-state index in [-0.39, 0.29) is 18.0 Å². The van der Waals surface area contributed by atoms with Gasteiger partial charge < -0.3 is 4.74 Å². The van der Waals surface area contributed by atoms with E-state index in [0.29, 0.717) is 6.42 Å². The SMILES string of the molecule is Cc1cccc(C(=O)CCN2C[C@@H](C)O[C@@H](C)C2)c1. The van der Waals surface area contributed by atoms with Crippen molar-refractivity contribution in [2.45, 2.75) is 39.4 Å². The van der Waals surface area contributed by atoms with Crippen LogP contribution in [0.4, 0.5) is 0 Å². The number of carbonyl (C=O) groups excluding carboxylic acids is 1. The van der Waals surface area contributed by atoms with Gasteiger partial charge in [0, 0.05) is 31.6 Å². The topological polar surface area (TPSA) is 29.5 Å². The van der Waals surface area contributed by atoms with Crippen LogP contribution in [0.3, 0.4) is 0 Å². The number of Topliss-reactive ketones (excluding diaryl/α,β-unsaturated/α-hetero) is 1. The van der Waals surface area contributed by atoms with Gasteiger partial charge in [-0.3, -0.25) is 9.69 Å². The predicted octanol–water partition coefficient (Wildman–Crippen LogP) is 2.68. The third-order valence-corrected chi connectivity index (χ3v) is 3.49. The fourth-order valence-electron chi connectivity index (χ4n) is 2.69. The third kappa shape index (κ3) is 4.15. The van der Waals surface area contributed by atoms with Gasteiger partial charge in [-0.15, -0.1) is 0 Å². The first-order valence-electron chi connectivity index (χ1n) is 7.02. The molecular formula is C16H23NO2. The Morgan fingerprint density at radius 1 is 1.32 bits per heavy atom. The number of nitrogens with zero attached hydrogens (tertiary/aromatic N) is 1. The average Bonchev–Trinajstić information content (AvgIpc) is 2.35. The molecule has 0 bridgehead atoms. The van der Waals surface area contributed by atoms with Crippen LogP contribution in [0.5, 0.6) is 0 Å². The molecule has 1 saturated heterocycles. The number of carbonyl (C=O) groups is 1. The van der Waals surface area contributed by atoms with Crippen molar-refractivity contribution in [3.63, 3.8) is 0 Å². The molecule has 1 aliphatic rings. The second kappa shape index (κ2) is 6.31. The van der Waals surface area contributed by atoms with Crippen LogP contribution in [0.1, 0.15) is 36.2 Å². The molecule has 2 rings (SSSR count). The molecule has 0 saturated carbocycles. The van der Waals surface area contributed by atoms with Crippen molar-refractivity contribution in [1.29, 1.82) is 0 Å². The van der Waals surface area contributed by atoms with E-state index >= 15 is 0 Å². The van der Waals surface area contributed by atoms with Crippen molar-refractivity contribution < 1.29 is 9.53 Å². The van der Waals surface area contributed by atoms with Gasteiger partial charge in [-0.25, -0.2) is 0 Å². The highest BCUT2D eigenvalue weighted by Crippen LogP contribution is 2.12. The van der Waals surface area contributed by atoms with Gasteiger partial charge >= 0.3 is 0 Å². The summed E-state index contributed by atoms with van der Waals surface area (Å²) in [6.07, 6.45) is 1.11. The lowest BCUT2D eigenvalue weighted by atomic mass is 10.1. The van der Waals surface area contributed by atoms with E-state index in [1.165, 1.54) is 0 Å². The normalized spacial score (nSPS) is 24.4. The van der Waals surface area contributed by atoms with Gasteiger partial charge in [-0.2, -0.15) is 0 Å². The maximum absolute atomic E-state index is 12.1. The Morgan fingerprint density at radius 3 is 2.63 bits per heavy atom. The summed E-state index contributed by atoms with van der Waals surface area (Å²) in [5.74, 6) is 0.232. The monoisotopic (exact) mass is 261 g/mol. The average molecular weight is 261 g/mol. The summed E-state index contributed by atoms with van der Waals surface area (Å²) in [4.78, 5) is 14.5. The maximum atomic E-state index is 12.1. The van der Waals surface area contributed by atoms with E-state index in [2.05, 4.69) is 18.7 Å². The quantitative estimate of drug-likeness (QED) is 0.780. The summed E-state index contributed by atoms with van der Waals surface area (Å²) < 4.78 is 5.70. The van der Waals surface area contributed by atoms with E-state index in [9.17, 15) is 4.79 Å². The predicted molar refractivity (Wildman–Crippen MR) is 76.6 cm³/mol. The lowest BCUT2D eigenvalue weighted by Crippen LogP contribution is -2.46. The van der Waals surface area contributed by atoms with Crippen LogP contribution in [0.15, 0.2) is 24.3 Å². The Bertz CT molecular complexity index is 434. The first kappa shape index (κ1) is 14.2. The summed E-state index contributed by atoms with van der Waals surface area (Å²) in [7, 11) is 0. The first-order chi connectivity index (χ1) is 9.04. The van der Waals surface area contributed by atoms with Gasteiger partial charge in [0.05, 0.1) is 12.2 Å². The Morgan fingerprint density at radius 2 is 2.00 bits per heavy atom. The zero-order valence-corrected chi connectivity index (χ0v) is 12.1.